The highest BCUT2D eigenvalue weighted by Gasteiger charge is 2.32. The quantitative estimate of drug-likeness (QED) is 0.0705. The van der Waals surface area contributed by atoms with Crippen molar-refractivity contribution in [3.05, 3.63) is 98.0 Å². The van der Waals surface area contributed by atoms with E-state index in [1.54, 1.807) is 56.3 Å². The Bertz CT molecular complexity index is 1620. The number of hydrogen-bond donors (Lipinski definition) is 3. The highest BCUT2D eigenvalue weighted by Crippen LogP contribution is 2.35. The zero-order valence-corrected chi connectivity index (χ0v) is 27.8. The molecule has 1 atom stereocenters. The van der Waals surface area contributed by atoms with E-state index >= 15 is 0 Å². The minimum absolute atomic E-state index is 0.215. The van der Waals surface area contributed by atoms with Crippen LogP contribution in [0.5, 0.6) is 17.2 Å². The Balaban J connectivity index is 1.41. The lowest BCUT2D eigenvalue weighted by atomic mass is 9.95. The van der Waals surface area contributed by atoms with Crippen molar-refractivity contribution in [1.29, 1.82) is 0 Å². The Kier molecular flexibility index (Phi) is 12.1. The monoisotopic (exact) mass is 746 g/mol. The van der Waals surface area contributed by atoms with Crippen LogP contribution in [0.4, 0.5) is 4.39 Å². The summed E-state index contributed by atoms with van der Waals surface area (Å²) >= 11 is 7.46. The van der Waals surface area contributed by atoms with Gasteiger partial charge in [-0.2, -0.15) is 5.10 Å². The van der Waals surface area contributed by atoms with Crippen LogP contribution in [0.25, 0.3) is 0 Å². The molecule has 0 fully saturated rings. The molecule has 10 nitrogen and oxygen atoms in total. The second kappa shape index (κ2) is 16.2. The summed E-state index contributed by atoms with van der Waals surface area (Å²) in [5, 5.41) is 10.5. The third kappa shape index (κ3) is 9.14. The Morgan fingerprint density at radius 1 is 1.04 bits per heavy atom. The van der Waals surface area contributed by atoms with E-state index < -0.39 is 17.9 Å². The number of halogens is 2. The Morgan fingerprint density at radius 2 is 1.80 bits per heavy atom. The maximum atomic E-state index is 13.2. The second-order valence-corrected chi connectivity index (χ2v) is 11.2. The third-order valence-corrected chi connectivity index (χ3v) is 7.41. The molecule has 236 valence electrons. The molecule has 1 amide bonds. The molecule has 3 aromatic carbocycles. The predicted octanol–water partition coefficient (Wildman–Crippen LogP) is 5.29. The number of carbonyl (C=O) groups excluding carboxylic acids is 2. The number of carbonyl (C=O) groups is 2. The van der Waals surface area contributed by atoms with Gasteiger partial charge in [0.25, 0.3) is 5.91 Å². The van der Waals surface area contributed by atoms with Crippen molar-refractivity contribution in [3.8, 4) is 17.2 Å². The Morgan fingerprint density at radius 3 is 2.53 bits per heavy atom. The van der Waals surface area contributed by atoms with Crippen LogP contribution in [0.15, 0.2) is 77.0 Å². The van der Waals surface area contributed by atoms with E-state index in [0.29, 0.717) is 51.4 Å². The number of ether oxygens (including phenoxy) is 4. The van der Waals surface area contributed by atoms with Gasteiger partial charge in [-0.3, -0.25) is 4.79 Å². The molecule has 13 heteroatoms. The molecule has 0 aromatic heterocycles. The zero-order chi connectivity index (χ0) is 32.3. The molecule has 0 aliphatic carbocycles. The molecule has 0 radical (unpaired) electrons. The molecule has 1 aliphatic heterocycles. The number of para-hydroxylation sites is 1. The standard InChI is InChI=1S/C32H32FIN4O6S/c1-4-41-26-15-21(14-24(34)30(26)44-17-20-10-12-22(33)13-11-20)16-35-38-27(39)18-43-25-9-7-6-8-23(25)29-28(31(40)42-5-2)19(3)36-32(45)37-29/h6-16,29H,4-5,17-18H2,1-3H3,(H,38,39)(H2,36,37,45)/t29-/m1/s1. The van der Waals surface area contributed by atoms with Gasteiger partial charge in [-0.1, -0.05) is 30.3 Å². The number of amides is 1. The van der Waals surface area contributed by atoms with Gasteiger partial charge in [0.2, 0.25) is 0 Å². The van der Waals surface area contributed by atoms with Crippen molar-refractivity contribution in [2.24, 2.45) is 5.10 Å². The number of thiocarbonyl (C=S) groups is 1. The van der Waals surface area contributed by atoms with Gasteiger partial charge in [-0.05, 0) is 97.0 Å². The molecule has 3 aromatic rings. The van der Waals surface area contributed by atoms with E-state index in [1.165, 1.54) is 18.3 Å². The summed E-state index contributed by atoms with van der Waals surface area (Å²) in [6.07, 6.45) is 1.49. The van der Waals surface area contributed by atoms with Gasteiger partial charge < -0.3 is 29.6 Å². The fourth-order valence-electron chi connectivity index (χ4n) is 4.41. The number of hydrogen-bond acceptors (Lipinski definition) is 8. The fraction of sp³-hybridized carbons (Fsp3) is 0.250. The largest absolute Gasteiger partial charge is 0.490 e. The number of rotatable bonds is 13. The minimum Gasteiger partial charge on any atom is -0.490 e. The van der Waals surface area contributed by atoms with Gasteiger partial charge >= 0.3 is 5.97 Å². The van der Waals surface area contributed by atoms with Crippen LogP contribution >= 0.6 is 34.8 Å². The molecule has 0 saturated heterocycles. The number of allylic oxidation sites excluding steroid dienone is 1. The summed E-state index contributed by atoms with van der Waals surface area (Å²) in [5.74, 6) is 0.157. The maximum absolute atomic E-state index is 13.2. The van der Waals surface area contributed by atoms with E-state index in [9.17, 15) is 14.0 Å². The molecule has 45 heavy (non-hydrogen) atoms. The lowest BCUT2D eigenvalue weighted by Gasteiger charge is -2.30. The number of nitrogens with zero attached hydrogens (tertiary/aromatic N) is 1. The highest BCUT2D eigenvalue weighted by atomic mass is 127. The van der Waals surface area contributed by atoms with Crippen molar-refractivity contribution in [2.75, 3.05) is 19.8 Å². The first-order valence-electron chi connectivity index (χ1n) is 14.0. The van der Waals surface area contributed by atoms with Gasteiger partial charge in [-0.15, -0.1) is 0 Å². The number of esters is 1. The first-order chi connectivity index (χ1) is 21.7. The van der Waals surface area contributed by atoms with Gasteiger partial charge in [0.05, 0.1) is 34.6 Å². The van der Waals surface area contributed by atoms with Crippen LogP contribution in [-0.4, -0.2) is 43.0 Å². The average molecular weight is 747 g/mol. The fourth-order valence-corrected chi connectivity index (χ4v) is 5.47. The van der Waals surface area contributed by atoms with Gasteiger partial charge in [0.1, 0.15) is 18.2 Å². The smallest absolute Gasteiger partial charge is 0.338 e. The Hall–Kier alpha value is -4.24. The first kappa shape index (κ1) is 33.6. The van der Waals surface area contributed by atoms with E-state index in [0.717, 1.165) is 9.13 Å². The van der Waals surface area contributed by atoms with Crippen molar-refractivity contribution in [2.45, 2.75) is 33.4 Å². The van der Waals surface area contributed by atoms with E-state index in [-0.39, 0.29) is 25.6 Å². The maximum Gasteiger partial charge on any atom is 0.338 e. The topological polar surface area (TPSA) is 120 Å². The van der Waals surface area contributed by atoms with Crippen LogP contribution < -0.4 is 30.3 Å². The van der Waals surface area contributed by atoms with E-state index in [4.69, 9.17) is 31.2 Å². The van der Waals surface area contributed by atoms with Crippen molar-refractivity contribution in [3.63, 3.8) is 0 Å². The molecule has 0 saturated carbocycles. The van der Waals surface area contributed by atoms with E-state index in [2.05, 4.69) is 43.8 Å². The van der Waals surface area contributed by atoms with Crippen molar-refractivity contribution >= 4 is 58.0 Å². The molecule has 4 rings (SSSR count). The summed E-state index contributed by atoms with van der Waals surface area (Å²) in [5.41, 5.74) is 5.49. The summed E-state index contributed by atoms with van der Waals surface area (Å²) in [7, 11) is 0. The number of nitrogens with one attached hydrogen (secondary N) is 3. The SMILES string of the molecule is CCOC(=O)C1=C(C)NC(=S)N[C@@H]1c1ccccc1OCC(=O)NN=Cc1cc(I)c(OCc2ccc(F)cc2)c(OCC)c1. The van der Waals surface area contributed by atoms with Crippen LogP contribution in [0.3, 0.4) is 0 Å². The first-order valence-corrected chi connectivity index (χ1v) is 15.5. The lowest BCUT2D eigenvalue weighted by Crippen LogP contribution is -2.45. The molecule has 0 spiro atoms. The van der Waals surface area contributed by atoms with Crippen LogP contribution in [0.1, 0.15) is 43.5 Å². The van der Waals surface area contributed by atoms with Gasteiger partial charge in [0.15, 0.2) is 23.2 Å². The molecular formula is C32H32FIN4O6S. The van der Waals surface area contributed by atoms with Crippen LogP contribution in [-0.2, 0) is 20.9 Å². The minimum atomic E-state index is -0.639. The van der Waals surface area contributed by atoms with Gasteiger partial charge in [0, 0.05) is 11.3 Å². The van der Waals surface area contributed by atoms with Crippen LogP contribution in [0, 0.1) is 9.39 Å². The molecular weight excluding hydrogens is 714 g/mol. The molecule has 3 N–H and O–H groups in total. The second-order valence-electron chi connectivity index (χ2n) is 9.59. The normalized spacial score (nSPS) is 14.4. The number of benzene rings is 3. The molecule has 1 aliphatic rings. The average Bonchev–Trinajstić information content (AvgIpc) is 3.00. The zero-order valence-electron chi connectivity index (χ0n) is 24.8. The molecule has 0 unspecified atom stereocenters. The third-order valence-electron chi connectivity index (χ3n) is 6.38. The van der Waals surface area contributed by atoms with Crippen molar-refractivity contribution in [1.82, 2.24) is 16.1 Å². The summed E-state index contributed by atoms with van der Waals surface area (Å²) in [6, 6.07) is 16.1. The summed E-state index contributed by atoms with van der Waals surface area (Å²) in [4.78, 5) is 25.4. The Labute approximate surface area is 279 Å². The molecule has 1 heterocycles. The predicted molar refractivity (Wildman–Crippen MR) is 180 cm³/mol. The lowest BCUT2D eigenvalue weighted by molar-refractivity contribution is -0.139. The highest BCUT2D eigenvalue weighted by molar-refractivity contribution is 14.1. The van der Waals surface area contributed by atoms with Gasteiger partial charge in [-0.25, -0.2) is 14.6 Å². The summed E-state index contributed by atoms with van der Waals surface area (Å²) in [6.45, 7) is 5.87. The van der Waals surface area contributed by atoms with Crippen molar-refractivity contribution < 1.29 is 32.9 Å². The van der Waals surface area contributed by atoms with E-state index in [1.807, 2.05) is 13.0 Å². The summed E-state index contributed by atoms with van der Waals surface area (Å²) < 4.78 is 36.9. The number of hydrazone groups is 1. The van der Waals surface area contributed by atoms with Crippen LogP contribution in [0.2, 0.25) is 0 Å². The molecule has 0 bridgehead atoms.